The van der Waals surface area contributed by atoms with Gasteiger partial charge in [-0.1, -0.05) is 6.07 Å². The molecule has 0 aliphatic carbocycles. The molecule has 0 bridgehead atoms. The average Bonchev–Trinajstić information content (AvgIpc) is 3.09. The van der Waals surface area contributed by atoms with E-state index in [9.17, 15) is 9.59 Å². The first-order valence-electron chi connectivity index (χ1n) is 7.05. The minimum absolute atomic E-state index is 0.0406. The molecule has 0 aliphatic heterocycles. The molecule has 0 aromatic carbocycles. The maximum absolute atomic E-state index is 12.4. The first-order chi connectivity index (χ1) is 10.5. The molecular weight excluding hydrogens is 300 g/mol. The smallest absolute Gasteiger partial charge is 0.225 e. The maximum Gasteiger partial charge on any atom is 0.225 e. The van der Waals surface area contributed by atoms with Crippen molar-refractivity contribution in [2.24, 2.45) is 0 Å². The van der Waals surface area contributed by atoms with Crippen molar-refractivity contribution in [3.8, 4) is 0 Å². The molecule has 118 valence electrons. The third kappa shape index (κ3) is 4.46. The standard InChI is InChI=1S/C16H20N2O3S/c1-11-6-7-13(21-11)10-18(3)16(20)9-14(17-12(2)19)15-5-4-8-22-15/h4-8,14H,9-10H2,1-3H3,(H,17,19). The Morgan fingerprint density at radius 3 is 2.68 bits per heavy atom. The lowest BCUT2D eigenvalue weighted by atomic mass is 10.1. The van der Waals surface area contributed by atoms with Crippen LogP contribution in [-0.4, -0.2) is 23.8 Å². The van der Waals surface area contributed by atoms with E-state index in [1.807, 2.05) is 36.6 Å². The molecule has 2 heterocycles. The van der Waals surface area contributed by atoms with Crippen LogP contribution in [-0.2, 0) is 16.1 Å². The van der Waals surface area contributed by atoms with Gasteiger partial charge >= 0.3 is 0 Å². The maximum atomic E-state index is 12.4. The molecule has 0 spiro atoms. The molecule has 22 heavy (non-hydrogen) atoms. The zero-order valence-corrected chi connectivity index (χ0v) is 13.8. The fourth-order valence-electron chi connectivity index (χ4n) is 2.18. The lowest BCUT2D eigenvalue weighted by Gasteiger charge is -2.21. The van der Waals surface area contributed by atoms with Crippen LogP contribution in [0.4, 0.5) is 0 Å². The summed E-state index contributed by atoms with van der Waals surface area (Å²) in [5, 5.41) is 4.77. The topological polar surface area (TPSA) is 62.6 Å². The van der Waals surface area contributed by atoms with Gasteiger partial charge in [0.15, 0.2) is 0 Å². The molecular formula is C16H20N2O3S. The van der Waals surface area contributed by atoms with Gasteiger partial charge in [0, 0.05) is 18.8 Å². The summed E-state index contributed by atoms with van der Waals surface area (Å²) in [6.45, 7) is 3.75. The van der Waals surface area contributed by atoms with Crippen molar-refractivity contribution in [3.63, 3.8) is 0 Å². The van der Waals surface area contributed by atoms with E-state index in [0.29, 0.717) is 6.54 Å². The highest BCUT2D eigenvalue weighted by molar-refractivity contribution is 7.10. The number of furan rings is 1. The van der Waals surface area contributed by atoms with E-state index >= 15 is 0 Å². The average molecular weight is 320 g/mol. The number of nitrogens with zero attached hydrogens (tertiary/aromatic N) is 1. The molecule has 1 unspecified atom stereocenters. The first-order valence-corrected chi connectivity index (χ1v) is 7.93. The van der Waals surface area contributed by atoms with E-state index in [0.717, 1.165) is 16.4 Å². The largest absolute Gasteiger partial charge is 0.464 e. The SMILES string of the molecule is CC(=O)NC(CC(=O)N(C)Cc1ccc(C)o1)c1cccs1. The van der Waals surface area contributed by atoms with E-state index in [-0.39, 0.29) is 24.3 Å². The highest BCUT2D eigenvalue weighted by atomic mass is 32.1. The van der Waals surface area contributed by atoms with Gasteiger partial charge in [-0.3, -0.25) is 9.59 Å². The zero-order valence-electron chi connectivity index (χ0n) is 13.0. The van der Waals surface area contributed by atoms with Crippen LogP contribution in [0.1, 0.15) is 35.8 Å². The van der Waals surface area contributed by atoms with Gasteiger partial charge < -0.3 is 14.6 Å². The number of hydrogen-bond acceptors (Lipinski definition) is 4. The molecule has 5 nitrogen and oxygen atoms in total. The Hall–Kier alpha value is -2.08. The van der Waals surface area contributed by atoms with Crippen LogP contribution in [0.25, 0.3) is 0 Å². The summed E-state index contributed by atoms with van der Waals surface area (Å²) < 4.78 is 5.48. The van der Waals surface area contributed by atoms with Crippen LogP contribution in [0, 0.1) is 6.92 Å². The molecule has 1 atom stereocenters. The summed E-state index contributed by atoms with van der Waals surface area (Å²) >= 11 is 1.53. The van der Waals surface area contributed by atoms with E-state index < -0.39 is 0 Å². The Bertz CT molecular complexity index is 634. The van der Waals surface area contributed by atoms with Crippen molar-refractivity contribution in [1.29, 1.82) is 0 Å². The van der Waals surface area contributed by atoms with Gasteiger partial charge in [-0.2, -0.15) is 0 Å². The molecule has 0 saturated carbocycles. The van der Waals surface area contributed by atoms with Gasteiger partial charge in [0.05, 0.1) is 19.0 Å². The zero-order chi connectivity index (χ0) is 16.1. The molecule has 6 heteroatoms. The Kier molecular flexibility index (Phi) is 5.38. The number of carbonyl (C=O) groups excluding carboxylic acids is 2. The molecule has 0 radical (unpaired) electrons. The van der Waals surface area contributed by atoms with Crippen LogP contribution in [0.2, 0.25) is 0 Å². The summed E-state index contributed by atoms with van der Waals surface area (Å²) in [6, 6.07) is 7.29. The molecule has 2 aromatic heterocycles. The van der Waals surface area contributed by atoms with Crippen LogP contribution in [0.5, 0.6) is 0 Å². The van der Waals surface area contributed by atoms with Gasteiger partial charge in [0.1, 0.15) is 11.5 Å². The monoisotopic (exact) mass is 320 g/mol. The van der Waals surface area contributed by atoms with E-state index in [4.69, 9.17) is 4.42 Å². The van der Waals surface area contributed by atoms with E-state index in [1.165, 1.54) is 18.3 Å². The minimum atomic E-state index is -0.286. The number of nitrogens with one attached hydrogen (secondary N) is 1. The molecule has 2 aromatic rings. The molecule has 2 amide bonds. The van der Waals surface area contributed by atoms with Crippen molar-refractivity contribution in [1.82, 2.24) is 10.2 Å². The number of aryl methyl sites for hydroxylation is 1. The number of rotatable bonds is 6. The summed E-state index contributed by atoms with van der Waals surface area (Å²) in [6.07, 6.45) is 0.232. The second-order valence-electron chi connectivity index (χ2n) is 5.23. The predicted molar refractivity (Wildman–Crippen MR) is 85.4 cm³/mol. The molecule has 0 saturated heterocycles. The molecule has 2 rings (SSSR count). The predicted octanol–water partition coefficient (Wildman–Crippen LogP) is 2.88. The van der Waals surface area contributed by atoms with Crippen molar-refractivity contribution >= 4 is 23.2 Å². The Morgan fingerprint density at radius 2 is 2.14 bits per heavy atom. The Labute approximate surface area is 133 Å². The van der Waals surface area contributed by atoms with Crippen molar-refractivity contribution < 1.29 is 14.0 Å². The summed E-state index contributed by atoms with van der Waals surface area (Å²) in [7, 11) is 1.74. The third-order valence-corrected chi connectivity index (χ3v) is 4.24. The Balaban J connectivity index is 1.99. The summed E-state index contributed by atoms with van der Waals surface area (Å²) in [5.41, 5.74) is 0. The highest BCUT2D eigenvalue weighted by Crippen LogP contribution is 2.23. The number of amides is 2. The lowest BCUT2D eigenvalue weighted by molar-refractivity contribution is -0.131. The molecule has 0 aliphatic rings. The van der Waals surface area contributed by atoms with Gasteiger partial charge in [0.25, 0.3) is 0 Å². The van der Waals surface area contributed by atoms with Gasteiger partial charge in [0.2, 0.25) is 11.8 Å². The van der Waals surface area contributed by atoms with Gasteiger partial charge in [-0.25, -0.2) is 0 Å². The van der Waals surface area contributed by atoms with Crippen LogP contribution >= 0.6 is 11.3 Å². The van der Waals surface area contributed by atoms with Crippen molar-refractivity contribution in [2.75, 3.05) is 7.05 Å². The quantitative estimate of drug-likeness (QED) is 0.890. The number of carbonyl (C=O) groups is 2. The Morgan fingerprint density at radius 1 is 1.36 bits per heavy atom. The summed E-state index contributed by atoms with van der Waals surface area (Å²) in [4.78, 5) is 26.3. The normalized spacial score (nSPS) is 12.0. The fraction of sp³-hybridized carbons (Fsp3) is 0.375. The number of hydrogen-bond donors (Lipinski definition) is 1. The second-order valence-corrected chi connectivity index (χ2v) is 6.21. The van der Waals surface area contributed by atoms with Crippen molar-refractivity contribution in [2.45, 2.75) is 32.9 Å². The van der Waals surface area contributed by atoms with Crippen LogP contribution < -0.4 is 5.32 Å². The molecule has 1 N–H and O–H groups in total. The fourth-order valence-corrected chi connectivity index (χ4v) is 2.96. The van der Waals surface area contributed by atoms with Crippen LogP contribution in [0.3, 0.4) is 0 Å². The first kappa shape index (κ1) is 16.3. The lowest BCUT2D eigenvalue weighted by Crippen LogP contribution is -2.33. The summed E-state index contributed by atoms with van der Waals surface area (Å²) in [5.74, 6) is 1.39. The number of thiophene rings is 1. The van der Waals surface area contributed by atoms with Gasteiger partial charge in [-0.05, 0) is 30.5 Å². The second kappa shape index (κ2) is 7.26. The third-order valence-electron chi connectivity index (χ3n) is 3.26. The highest BCUT2D eigenvalue weighted by Gasteiger charge is 2.20. The van der Waals surface area contributed by atoms with E-state index in [2.05, 4.69) is 5.32 Å². The van der Waals surface area contributed by atoms with E-state index in [1.54, 1.807) is 11.9 Å². The minimum Gasteiger partial charge on any atom is -0.464 e. The molecule has 0 fully saturated rings. The van der Waals surface area contributed by atoms with Crippen LogP contribution in [0.15, 0.2) is 34.1 Å². The van der Waals surface area contributed by atoms with Gasteiger partial charge in [-0.15, -0.1) is 11.3 Å². The van der Waals surface area contributed by atoms with Crippen molar-refractivity contribution in [3.05, 3.63) is 46.0 Å².